The Morgan fingerprint density at radius 3 is 2.27 bits per heavy atom. The molecule has 1 amide bonds. The van der Waals surface area contributed by atoms with Gasteiger partial charge in [-0.15, -0.1) is 5.06 Å². The average Bonchev–Trinajstić information content (AvgIpc) is 1.97. The quantitative estimate of drug-likeness (QED) is 0.718. The van der Waals surface area contributed by atoms with Crippen molar-refractivity contribution in [2.24, 2.45) is 5.41 Å². The summed E-state index contributed by atoms with van der Waals surface area (Å²) in [7, 11) is 0. The van der Waals surface area contributed by atoms with E-state index in [0.29, 0.717) is 13.1 Å². The van der Waals surface area contributed by atoms with E-state index in [1.807, 2.05) is 0 Å². The highest BCUT2D eigenvalue weighted by Crippen LogP contribution is 2.18. The molecule has 86 valence electrons. The molecule has 1 fully saturated rings. The SMILES string of the molecule is CC(=O)NC1CN(OC(=O)C(C)(C)C)C1. The minimum Gasteiger partial charge on any atom is -0.367 e. The van der Waals surface area contributed by atoms with E-state index in [-0.39, 0.29) is 17.9 Å². The van der Waals surface area contributed by atoms with Crippen LogP contribution in [0.1, 0.15) is 27.7 Å². The lowest BCUT2D eigenvalue weighted by Gasteiger charge is -2.38. The van der Waals surface area contributed by atoms with E-state index in [9.17, 15) is 9.59 Å². The van der Waals surface area contributed by atoms with Gasteiger partial charge in [0, 0.05) is 6.92 Å². The van der Waals surface area contributed by atoms with Crippen molar-refractivity contribution in [2.75, 3.05) is 13.1 Å². The van der Waals surface area contributed by atoms with E-state index in [0.717, 1.165) is 0 Å². The molecule has 0 unspecified atom stereocenters. The highest BCUT2D eigenvalue weighted by molar-refractivity contribution is 5.75. The Morgan fingerprint density at radius 1 is 1.33 bits per heavy atom. The number of carbonyl (C=O) groups excluding carboxylic acids is 2. The first kappa shape index (κ1) is 12.0. The zero-order valence-electron chi connectivity index (χ0n) is 9.66. The van der Waals surface area contributed by atoms with Gasteiger partial charge in [-0.3, -0.25) is 4.79 Å². The van der Waals surface area contributed by atoms with E-state index >= 15 is 0 Å². The molecular formula is C10H18N2O3. The second kappa shape index (κ2) is 4.18. The van der Waals surface area contributed by atoms with Crippen LogP contribution in [0.25, 0.3) is 0 Å². The van der Waals surface area contributed by atoms with Gasteiger partial charge in [0.05, 0.1) is 24.5 Å². The lowest BCUT2D eigenvalue weighted by Crippen LogP contribution is -2.59. The van der Waals surface area contributed by atoms with Crippen LogP contribution in [-0.2, 0) is 14.4 Å². The van der Waals surface area contributed by atoms with Crippen LogP contribution in [0, 0.1) is 5.41 Å². The molecule has 0 aliphatic carbocycles. The normalized spacial score (nSPS) is 18.1. The summed E-state index contributed by atoms with van der Waals surface area (Å²) in [6.45, 7) is 8.04. The molecule has 5 nitrogen and oxygen atoms in total. The van der Waals surface area contributed by atoms with Crippen LogP contribution in [0.5, 0.6) is 0 Å². The maximum Gasteiger partial charge on any atom is 0.330 e. The Morgan fingerprint density at radius 2 is 1.87 bits per heavy atom. The van der Waals surface area contributed by atoms with Crippen LogP contribution in [0.3, 0.4) is 0 Å². The summed E-state index contributed by atoms with van der Waals surface area (Å²) in [6.07, 6.45) is 0. The molecule has 1 rings (SSSR count). The van der Waals surface area contributed by atoms with Crippen molar-refractivity contribution in [3.8, 4) is 0 Å². The van der Waals surface area contributed by atoms with Gasteiger partial charge in [-0.1, -0.05) is 0 Å². The number of rotatable bonds is 2. The zero-order chi connectivity index (χ0) is 11.6. The van der Waals surface area contributed by atoms with E-state index in [1.54, 1.807) is 25.8 Å². The molecule has 1 saturated heterocycles. The van der Waals surface area contributed by atoms with Gasteiger partial charge >= 0.3 is 5.97 Å². The molecule has 0 aromatic heterocycles. The number of amides is 1. The molecular weight excluding hydrogens is 196 g/mol. The van der Waals surface area contributed by atoms with Crippen LogP contribution < -0.4 is 5.32 Å². The fourth-order valence-corrected chi connectivity index (χ4v) is 1.15. The van der Waals surface area contributed by atoms with Crippen molar-refractivity contribution in [1.82, 2.24) is 10.4 Å². The summed E-state index contributed by atoms with van der Waals surface area (Å²) in [5, 5.41) is 4.31. The summed E-state index contributed by atoms with van der Waals surface area (Å²) in [5.41, 5.74) is -0.487. The van der Waals surface area contributed by atoms with Gasteiger partial charge < -0.3 is 10.2 Å². The molecule has 15 heavy (non-hydrogen) atoms. The van der Waals surface area contributed by atoms with E-state index in [4.69, 9.17) is 4.84 Å². The Labute approximate surface area is 89.7 Å². The van der Waals surface area contributed by atoms with Crippen molar-refractivity contribution >= 4 is 11.9 Å². The van der Waals surface area contributed by atoms with Crippen LogP contribution in [-0.4, -0.2) is 36.1 Å². The smallest absolute Gasteiger partial charge is 0.330 e. The molecule has 0 atom stereocenters. The molecule has 0 bridgehead atoms. The second-order valence-electron chi connectivity index (χ2n) is 4.87. The minimum absolute atomic E-state index is 0.0539. The molecule has 1 aliphatic heterocycles. The van der Waals surface area contributed by atoms with Crippen LogP contribution in [0.2, 0.25) is 0 Å². The Hall–Kier alpha value is -1.10. The predicted octanol–water partition coefficient (Wildman–Crippen LogP) is 0.311. The summed E-state index contributed by atoms with van der Waals surface area (Å²) >= 11 is 0. The Bertz CT molecular complexity index is 264. The largest absolute Gasteiger partial charge is 0.367 e. The zero-order valence-corrected chi connectivity index (χ0v) is 9.66. The van der Waals surface area contributed by atoms with Crippen LogP contribution in [0.15, 0.2) is 0 Å². The third kappa shape index (κ3) is 3.51. The number of hydroxylamine groups is 2. The third-order valence-corrected chi connectivity index (χ3v) is 2.08. The monoisotopic (exact) mass is 214 g/mol. The van der Waals surface area contributed by atoms with Gasteiger partial charge in [0.2, 0.25) is 5.91 Å². The minimum atomic E-state index is -0.487. The molecule has 5 heteroatoms. The van der Waals surface area contributed by atoms with Crippen molar-refractivity contribution in [3.63, 3.8) is 0 Å². The van der Waals surface area contributed by atoms with E-state index < -0.39 is 5.41 Å². The highest BCUT2D eigenvalue weighted by Gasteiger charge is 2.33. The maximum atomic E-state index is 11.4. The third-order valence-electron chi connectivity index (χ3n) is 2.08. The standard InChI is InChI=1S/C10H18N2O3/c1-7(13)11-8-5-12(6-8)15-9(14)10(2,3)4/h8H,5-6H2,1-4H3,(H,11,13). The Kier molecular flexibility index (Phi) is 3.34. The molecule has 1 heterocycles. The van der Waals surface area contributed by atoms with Gasteiger partial charge in [0.25, 0.3) is 0 Å². The number of hydrogen-bond acceptors (Lipinski definition) is 4. The first-order chi connectivity index (χ1) is 6.79. The molecule has 0 radical (unpaired) electrons. The van der Waals surface area contributed by atoms with E-state index in [1.165, 1.54) is 6.92 Å². The lowest BCUT2D eigenvalue weighted by atomic mass is 9.98. The lowest BCUT2D eigenvalue weighted by molar-refractivity contribution is -0.221. The number of nitrogens with one attached hydrogen (secondary N) is 1. The van der Waals surface area contributed by atoms with Gasteiger partial charge in [-0.2, -0.15) is 0 Å². The Balaban J connectivity index is 2.23. The van der Waals surface area contributed by atoms with Crippen molar-refractivity contribution < 1.29 is 14.4 Å². The van der Waals surface area contributed by atoms with Gasteiger partial charge in [-0.05, 0) is 20.8 Å². The predicted molar refractivity (Wildman–Crippen MR) is 54.7 cm³/mol. The number of hydrogen-bond donors (Lipinski definition) is 1. The molecule has 0 spiro atoms. The van der Waals surface area contributed by atoms with E-state index in [2.05, 4.69) is 5.32 Å². The van der Waals surface area contributed by atoms with Gasteiger partial charge in [-0.25, -0.2) is 4.79 Å². The topological polar surface area (TPSA) is 58.6 Å². The molecule has 1 aliphatic rings. The summed E-state index contributed by atoms with van der Waals surface area (Å²) < 4.78 is 0. The number of nitrogens with zero attached hydrogens (tertiary/aromatic N) is 1. The summed E-state index contributed by atoms with van der Waals surface area (Å²) in [4.78, 5) is 27.2. The first-order valence-electron chi connectivity index (χ1n) is 5.03. The van der Waals surface area contributed by atoms with Crippen molar-refractivity contribution in [2.45, 2.75) is 33.7 Å². The van der Waals surface area contributed by atoms with Crippen molar-refractivity contribution in [1.29, 1.82) is 0 Å². The second-order valence-corrected chi connectivity index (χ2v) is 4.87. The summed E-state index contributed by atoms with van der Waals surface area (Å²) in [6, 6.07) is 0.107. The molecule has 0 saturated carbocycles. The van der Waals surface area contributed by atoms with Crippen LogP contribution in [0.4, 0.5) is 0 Å². The molecule has 1 N–H and O–H groups in total. The molecule has 0 aromatic rings. The molecule has 0 aromatic carbocycles. The first-order valence-corrected chi connectivity index (χ1v) is 5.03. The fraction of sp³-hybridized carbons (Fsp3) is 0.800. The summed E-state index contributed by atoms with van der Waals surface area (Å²) in [5.74, 6) is -0.300. The van der Waals surface area contributed by atoms with Crippen molar-refractivity contribution in [3.05, 3.63) is 0 Å². The van der Waals surface area contributed by atoms with Gasteiger partial charge in [0.1, 0.15) is 0 Å². The van der Waals surface area contributed by atoms with Gasteiger partial charge in [0.15, 0.2) is 0 Å². The van der Waals surface area contributed by atoms with Crippen LogP contribution >= 0.6 is 0 Å². The highest BCUT2D eigenvalue weighted by atomic mass is 16.7. The average molecular weight is 214 g/mol. The maximum absolute atomic E-state index is 11.4. The fourth-order valence-electron chi connectivity index (χ4n) is 1.15. The number of carbonyl (C=O) groups is 2.